The van der Waals surface area contributed by atoms with Crippen LogP contribution in [0.15, 0.2) is 90.3 Å². The largest absolute Gasteiger partial charge is 0.476 e. The molecule has 0 N–H and O–H groups in total. The van der Waals surface area contributed by atoms with Crippen LogP contribution in [0.3, 0.4) is 0 Å². The molecule has 1 heterocycles. The third-order valence-electron chi connectivity index (χ3n) is 4.58. The van der Waals surface area contributed by atoms with Gasteiger partial charge in [0.05, 0.1) is 0 Å². The van der Waals surface area contributed by atoms with E-state index in [1.807, 2.05) is 11.8 Å². The summed E-state index contributed by atoms with van der Waals surface area (Å²) in [6.45, 7) is 2.10. The Morgan fingerprint density at radius 3 is 1.88 bits per heavy atom. The zero-order valence-corrected chi connectivity index (χ0v) is 15.0. The summed E-state index contributed by atoms with van der Waals surface area (Å²) < 4.78 is 6.71. The summed E-state index contributed by atoms with van der Waals surface area (Å²) in [4.78, 5) is 0. The average Bonchev–Trinajstić information content (AvgIpc) is 2.70. The van der Waals surface area contributed by atoms with Crippen molar-refractivity contribution in [2.24, 2.45) is 0 Å². The highest BCUT2D eigenvalue weighted by atomic mass is 32.2. The SMILES string of the molecule is Cc1ccc(C2=CSCC(c3ccccc3)(c3ccccc3)O2)cc1. The molecule has 25 heavy (non-hydrogen) atoms. The second-order valence-corrected chi connectivity index (χ2v) is 7.18. The Morgan fingerprint density at radius 2 is 1.32 bits per heavy atom. The van der Waals surface area contributed by atoms with E-state index in [0.717, 1.165) is 17.1 Å². The lowest BCUT2D eigenvalue weighted by Crippen LogP contribution is -2.35. The van der Waals surface area contributed by atoms with Crippen molar-refractivity contribution in [2.45, 2.75) is 12.5 Å². The summed E-state index contributed by atoms with van der Waals surface area (Å²) in [7, 11) is 0. The van der Waals surface area contributed by atoms with Gasteiger partial charge in [-0.2, -0.15) is 0 Å². The Hall–Kier alpha value is -2.45. The van der Waals surface area contributed by atoms with Gasteiger partial charge in [-0.15, -0.1) is 11.8 Å². The van der Waals surface area contributed by atoms with Crippen molar-refractivity contribution < 1.29 is 4.74 Å². The van der Waals surface area contributed by atoms with E-state index in [1.54, 1.807) is 0 Å². The zero-order chi connectivity index (χ0) is 17.1. The Bertz CT molecular complexity index is 827. The molecule has 4 rings (SSSR count). The standard InChI is InChI=1S/C23H20OS/c1-18-12-14-19(15-13-18)22-16-25-17-23(24-22,20-8-4-2-5-9-20)21-10-6-3-7-11-21/h2-16H,17H2,1H3. The highest BCUT2D eigenvalue weighted by Crippen LogP contribution is 2.44. The topological polar surface area (TPSA) is 9.23 Å². The van der Waals surface area contributed by atoms with Gasteiger partial charge in [-0.3, -0.25) is 0 Å². The third kappa shape index (κ3) is 3.10. The highest BCUT2D eigenvalue weighted by Gasteiger charge is 2.39. The Morgan fingerprint density at radius 1 is 0.760 bits per heavy atom. The van der Waals surface area contributed by atoms with E-state index >= 15 is 0 Å². The monoisotopic (exact) mass is 344 g/mol. The molecule has 1 nitrogen and oxygen atoms in total. The van der Waals surface area contributed by atoms with E-state index in [1.165, 1.54) is 16.7 Å². The second kappa shape index (κ2) is 6.81. The van der Waals surface area contributed by atoms with Crippen molar-refractivity contribution in [3.8, 4) is 0 Å². The maximum absolute atomic E-state index is 6.71. The van der Waals surface area contributed by atoms with Crippen LogP contribution < -0.4 is 0 Å². The summed E-state index contributed by atoms with van der Waals surface area (Å²) in [6, 6.07) is 29.6. The summed E-state index contributed by atoms with van der Waals surface area (Å²) in [5, 5.41) is 2.13. The Labute approximate surface area is 153 Å². The number of hydrogen-bond donors (Lipinski definition) is 0. The van der Waals surface area contributed by atoms with Crippen molar-refractivity contribution in [2.75, 3.05) is 5.75 Å². The first-order chi connectivity index (χ1) is 12.3. The second-order valence-electron chi connectivity index (χ2n) is 6.32. The minimum atomic E-state index is -0.470. The molecule has 0 aliphatic carbocycles. The van der Waals surface area contributed by atoms with Crippen LogP contribution in [-0.2, 0) is 10.3 Å². The fourth-order valence-corrected chi connectivity index (χ4v) is 4.23. The van der Waals surface area contributed by atoms with Gasteiger partial charge >= 0.3 is 0 Å². The van der Waals surface area contributed by atoms with E-state index < -0.39 is 5.60 Å². The van der Waals surface area contributed by atoms with Gasteiger partial charge in [0.2, 0.25) is 0 Å². The third-order valence-corrected chi connectivity index (χ3v) is 5.53. The predicted octanol–water partition coefficient (Wildman–Crippen LogP) is 6.00. The smallest absolute Gasteiger partial charge is 0.168 e. The molecular formula is C23H20OS. The van der Waals surface area contributed by atoms with Gasteiger partial charge in [0.1, 0.15) is 5.76 Å². The Balaban J connectivity index is 1.80. The molecule has 0 atom stereocenters. The molecular weight excluding hydrogens is 324 g/mol. The van der Waals surface area contributed by atoms with Crippen LogP contribution in [0.25, 0.3) is 5.76 Å². The molecule has 0 spiro atoms. The molecule has 2 heteroatoms. The molecule has 3 aromatic rings. The first-order valence-corrected chi connectivity index (χ1v) is 9.52. The predicted molar refractivity (Wildman–Crippen MR) is 106 cm³/mol. The first kappa shape index (κ1) is 16.0. The van der Waals surface area contributed by atoms with Crippen molar-refractivity contribution >= 4 is 17.5 Å². The van der Waals surface area contributed by atoms with Gasteiger partial charge in [-0.05, 0) is 6.92 Å². The van der Waals surface area contributed by atoms with Gasteiger partial charge < -0.3 is 4.74 Å². The van der Waals surface area contributed by atoms with Gasteiger partial charge in [0.25, 0.3) is 0 Å². The van der Waals surface area contributed by atoms with Crippen molar-refractivity contribution in [1.82, 2.24) is 0 Å². The number of benzene rings is 3. The van der Waals surface area contributed by atoms with Crippen LogP contribution in [0.2, 0.25) is 0 Å². The van der Waals surface area contributed by atoms with E-state index in [-0.39, 0.29) is 0 Å². The lowest BCUT2D eigenvalue weighted by atomic mass is 9.87. The van der Waals surface area contributed by atoms with E-state index in [9.17, 15) is 0 Å². The normalized spacial score (nSPS) is 16.0. The first-order valence-electron chi connectivity index (χ1n) is 8.47. The van der Waals surface area contributed by atoms with E-state index in [4.69, 9.17) is 4.74 Å². The van der Waals surface area contributed by atoms with Crippen LogP contribution in [0.1, 0.15) is 22.3 Å². The summed E-state index contributed by atoms with van der Waals surface area (Å²) >= 11 is 1.81. The lowest BCUT2D eigenvalue weighted by molar-refractivity contribution is 0.101. The lowest BCUT2D eigenvalue weighted by Gasteiger charge is -2.38. The van der Waals surface area contributed by atoms with Crippen LogP contribution in [-0.4, -0.2) is 5.75 Å². The summed E-state index contributed by atoms with van der Waals surface area (Å²) in [5.41, 5.74) is 4.28. The minimum Gasteiger partial charge on any atom is -0.476 e. The van der Waals surface area contributed by atoms with Crippen LogP contribution in [0.5, 0.6) is 0 Å². The zero-order valence-electron chi connectivity index (χ0n) is 14.2. The molecule has 1 aliphatic rings. The maximum atomic E-state index is 6.71. The number of ether oxygens (including phenoxy) is 1. The minimum absolute atomic E-state index is 0.470. The van der Waals surface area contributed by atoms with Gasteiger partial charge in [0, 0.05) is 27.9 Å². The van der Waals surface area contributed by atoms with Gasteiger partial charge in [-0.25, -0.2) is 0 Å². The fraction of sp³-hybridized carbons (Fsp3) is 0.130. The molecule has 0 radical (unpaired) electrons. The molecule has 0 aromatic heterocycles. The number of thioether (sulfide) groups is 1. The number of aryl methyl sites for hydroxylation is 1. The van der Waals surface area contributed by atoms with Crippen LogP contribution in [0.4, 0.5) is 0 Å². The number of hydrogen-bond acceptors (Lipinski definition) is 2. The highest BCUT2D eigenvalue weighted by molar-refractivity contribution is 8.02. The van der Waals surface area contributed by atoms with Crippen molar-refractivity contribution in [3.05, 3.63) is 113 Å². The van der Waals surface area contributed by atoms with Crippen LogP contribution >= 0.6 is 11.8 Å². The molecule has 1 aliphatic heterocycles. The maximum Gasteiger partial charge on any atom is 0.168 e. The van der Waals surface area contributed by atoms with E-state index in [2.05, 4.69) is 97.3 Å². The summed E-state index contributed by atoms with van der Waals surface area (Å²) in [6.07, 6.45) is 0. The molecule has 124 valence electrons. The van der Waals surface area contributed by atoms with E-state index in [0.29, 0.717) is 0 Å². The van der Waals surface area contributed by atoms with Crippen molar-refractivity contribution in [3.63, 3.8) is 0 Å². The molecule has 0 unspecified atom stereocenters. The van der Waals surface area contributed by atoms with Crippen molar-refractivity contribution in [1.29, 1.82) is 0 Å². The number of rotatable bonds is 3. The molecule has 0 saturated carbocycles. The molecule has 0 fully saturated rings. The average molecular weight is 344 g/mol. The molecule has 3 aromatic carbocycles. The molecule has 0 saturated heterocycles. The van der Waals surface area contributed by atoms with Gasteiger partial charge in [0.15, 0.2) is 5.60 Å². The van der Waals surface area contributed by atoms with Crippen LogP contribution in [0, 0.1) is 6.92 Å². The van der Waals surface area contributed by atoms with Gasteiger partial charge in [-0.1, -0.05) is 90.5 Å². The fourth-order valence-electron chi connectivity index (χ4n) is 3.19. The molecule has 0 bridgehead atoms. The Kier molecular flexibility index (Phi) is 4.37. The summed E-state index contributed by atoms with van der Waals surface area (Å²) in [5.74, 6) is 1.79. The molecule has 0 amide bonds. The quantitative estimate of drug-likeness (QED) is 0.576.